The second-order valence-electron chi connectivity index (χ2n) is 37.0. The van der Waals surface area contributed by atoms with Crippen molar-refractivity contribution in [2.75, 3.05) is 171 Å². The van der Waals surface area contributed by atoms with Gasteiger partial charge in [0.05, 0.1) is 41.3 Å². The number of hydrogen-bond donors (Lipinski definition) is 6. The first kappa shape index (κ1) is 104. The fourth-order valence-electron chi connectivity index (χ4n) is 20.0. The number of ether oxygens (including phenoxy) is 1. The average molecular weight is 2000 g/mol. The summed E-state index contributed by atoms with van der Waals surface area (Å²) in [6, 6.07) is 58.4. The summed E-state index contributed by atoms with van der Waals surface area (Å²) >= 11 is 18.3. The van der Waals surface area contributed by atoms with Gasteiger partial charge in [-0.2, -0.15) is 15.0 Å². The molecule has 6 N–H and O–H groups in total. The number of hydrogen-bond acceptors (Lipinski definition) is 23. The Hall–Kier alpha value is -10.1. The first-order valence-electron chi connectivity index (χ1n) is 46.9. The molecule has 7 aliphatic rings. The molecule has 6 aromatic heterocycles. The van der Waals surface area contributed by atoms with E-state index in [0.717, 1.165) is 204 Å². The summed E-state index contributed by atoms with van der Waals surface area (Å²) in [6.45, 7) is 14.0. The minimum Gasteiger partial charge on any atom is -1.00 e. The second-order valence-corrected chi connectivity index (χ2v) is 38.3. The van der Waals surface area contributed by atoms with E-state index in [1.165, 1.54) is 12.8 Å². The van der Waals surface area contributed by atoms with Gasteiger partial charge in [-0.3, -0.25) is 14.4 Å². The van der Waals surface area contributed by atoms with E-state index in [2.05, 4.69) is 87.9 Å². The Labute approximate surface area is 845 Å². The third-order valence-corrected chi connectivity index (χ3v) is 29.5. The summed E-state index contributed by atoms with van der Waals surface area (Å²) in [5, 5.41) is 57.5. The molecule has 13 heterocycles. The number of aliphatic hydroxyl groups is 3. The Balaban J connectivity index is 0.000000167. The number of carbonyl (C=O) groups excluding carboxylic acids is 4. The number of nitrogens with zero attached hydrogens (tertiary/aromatic N) is 18. The van der Waals surface area contributed by atoms with Crippen molar-refractivity contribution < 1.29 is 56.2 Å². The van der Waals surface area contributed by atoms with Crippen LogP contribution in [0, 0.1) is 7.43 Å². The van der Waals surface area contributed by atoms with Crippen molar-refractivity contribution in [2.24, 2.45) is 0 Å². The first-order chi connectivity index (χ1) is 64.8. The minimum atomic E-state index is -0.873. The van der Waals surface area contributed by atoms with Gasteiger partial charge in [-0.1, -0.05) is 71.2 Å². The summed E-state index contributed by atoms with van der Waals surface area (Å²) in [5.41, 5.74) is 11.3. The molecule has 19 rings (SSSR count). The molecule has 2 unspecified atom stereocenters. The molecule has 2 atom stereocenters. The van der Waals surface area contributed by atoms with Crippen LogP contribution in [-0.4, -0.2) is 307 Å². The van der Waals surface area contributed by atoms with Crippen molar-refractivity contribution >= 4 is 151 Å². The van der Waals surface area contributed by atoms with E-state index in [1.54, 1.807) is 13.5 Å². The Morgan fingerprint density at radius 1 is 0.438 bits per heavy atom. The molecule has 12 aromatic rings. The summed E-state index contributed by atoms with van der Waals surface area (Å²) in [7, 11) is 12.1. The van der Waals surface area contributed by atoms with Crippen LogP contribution >= 0.6 is 34.8 Å². The zero-order valence-corrected chi connectivity index (χ0v) is 84.9. The Morgan fingerprint density at radius 3 is 1.00 bits per heavy atom. The number of aromatic nitrogens is 9. The standard InChI is InChI=1S/C33H40ClN7O3.C33H40ClN7O2.C32H36ClN7O2.C4H8O.CH3.BrH.Mg/c1-38-18-13-27(14-19-38)39(2)31(44)23-5-11-26(12-6-23)35-32-36-30-28(4-3-17-41(30)37-32)40-20-15-33(16-21-40,29(43)22-42)24-7-9-25(34)10-8-24;1-23(42)33(25-8-10-26(34)11-9-25)16-21-40(22-17-33)29-5-4-18-41-30(29)36-32(37-41)35-27-12-6-24(7-13-27)31(43)39(3)28-14-19-38(2)20-15-28;1-37-18-13-27(14-19-37)38(2)30(42)23-5-11-26(12-6-23)34-31-35-29-28(4-3-17-40(29)36-31)39-20-15-32(22-41,16-21-39)24-7-9-25(33)10-8-24;1-2-4-5-3-1;;;/h3-12,17,27,29,42-43H,13-16,18-22H2,1-2H3,(H,35,37);4-13,18,23,28,42H,14-17,19-22H2,1-3H3,(H,35,37);3-12,17,22,27H,13-16,18-21H2,1-2H3,(H,34,36);1-4H2;1H3;1H;/q;;;;-1;;+2/p-1. The van der Waals surface area contributed by atoms with Gasteiger partial charge < -0.3 is 109 Å². The van der Waals surface area contributed by atoms with Crippen LogP contribution in [0.2, 0.25) is 15.1 Å². The molecule has 0 spiro atoms. The van der Waals surface area contributed by atoms with Crippen LogP contribution in [0.1, 0.15) is 145 Å². The molecular formula is C103H127BrCl3MgN21O8. The van der Waals surface area contributed by atoms with E-state index in [4.69, 9.17) is 54.5 Å². The quantitative estimate of drug-likeness (QED) is 0.0209. The summed E-state index contributed by atoms with van der Waals surface area (Å²) in [5.74, 6) is 1.56. The van der Waals surface area contributed by atoms with Crippen molar-refractivity contribution in [3.8, 4) is 0 Å². The molecule has 7 fully saturated rings. The van der Waals surface area contributed by atoms with Gasteiger partial charge in [0.25, 0.3) is 17.7 Å². The zero-order valence-electron chi connectivity index (χ0n) is 79.7. The molecule has 0 aliphatic carbocycles. The average Bonchev–Trinajstić information content (AvgIpc) is 1.76. The van der Waals surface area contributed by atoms with Gasteiger partial charge in [-0.15, -0.1) is 15.3 Å². The number of carbonyl (C=O) groups is 4. The maximum Gasteiger partial charge on any atom is 2.00 e. The van der Waals surface area contributed by atoms with E-state index in [-0.39, 0.29) is 95.3 Å². The van der Waals surface area contributed by atoms with Gasteiger partial charge in [0.2, 0.25) is 17.8 Å². The SMILES string of the molecule is C1CCOC1.CC(O)C1(c2ccc(Cl)cc2)CCN(c2cccn3nc(Nc4ccc(C(=O)N(C)C5CCN(C)CC5)cc4)nc23)CC1.CN1CCC(N(C)C(=O)c2ccc(Nc3nc4c(N5CCC(C=O)(c6ccc(Cl)cc6)CC5)cccn4n3)cc2)CC1.CN1CCC(N(C)C(=O)c2ccc(Nc3nc4c(N5CCC(c6ccc(Cl)cc6)(C(O)CO)CC5)cccn4n3)cc2)CC1.[Br-].[CH3-].[Mg+2]. The number of nitrogens with one attached hydrogen (secondary N) is 3. The van der Waals surface area contributed by atoms with Crippen LogP contribution in [0.3, 0.4) is 0 Å². The zero-order chi connectivity index (χ0) is 93.8. The minimum absolute atomic E-state index is 0. The summed E-state index contributed by atoms with van der Waals surface area (Å²) in [6.07, 6.45) is 18.3. The molecule has 3 amide bonds. The number of benzene rings is 6. The fraction of sp³-hybridized carbons (Fsp3) is 0.427. The number of halogens is 4. The van der Waals surface area contributed by atoms with Gasteiger partial charge in [0.1, 0.15) is 6.29 Å². The molecule has 722 valence electrons. The Kier molecular flexibility index (Phi) is 35.9. The molecule has 0 saturated carbocycles. The Bertz CT molecular complexity index is 5930. The van der Waals surface area contributed by atoms with E-state index < -0.39 is 23.0 Å². The number of aldehydes is 1. The number of aliphatic hydroxyl groups excluding tert-OH is 3. The summed E-state index contributed by atoms with van der Waals surface area (Å²) in [4.78, 5) is 85.4. The molecule has 7 aliphatic heterocycles. The third kappa shape index (κ3) is 24.3. The number of anilines is 9. The number of rotatable bonds is 22. The van der Waals surface area contributed by atoms with Crippen LogP contribution in [0.4, 0.5) is 52.0 Å². The number of likely N-dealkylation sites (tertiary alicyclic amines) is 3. The smallest absolute Gasteiger partial charge is 1.00 e. The largest absolute Gasteiger partial charge is 2.00 e. The molecule has 6 aromatic carbocycles. The Morgan fingerprint density at radius 2 is 0.723 bits per heavy atom. The summed E-state index contributed by atoms with van der Waals surface area (Å²) < 4.78 is 10.3. The van der Waals surface area contributed by atoms with Crippen molar-refractivity contribution in [3.63, 3.8) is 0 Å². The molecule has 0 radical (unpaired) electrons. The topological polar surface area (TPSA) is 294 Å². The van der Waals surface area contributed by atoms with Crippen LogP contribution < -0.4 is 47.6 Å². The van der Waals surface area contributed by atoms with Crippen LogP contribution in [0.15, 0.2) is 201 Å². The monoisotopic (exact) mass is 1990 g/mol. The van der Waals surface area contributed by atoms with Gasteiger partial charge in [-0.05, 0) is 320 Å². The molecule has 34 heteroatoms. The van der Waals surface area contributed by atoms with Crippen LogP contribution in [0.5, 0.6) is 0 Å². The molecule has 0 bridgehead atoms. The molecule has 137 heavy (non-hydrogen) atoms. The van der Waals surface area contributed by atoms with Gasteiger partial charge >= 0.3 is 23.1 Å². The van der Waals surface area contributed by atoms with Crippen LogP contribution in [0.25, 0.3) is 16.9 Å². The van der Waals surface area contributed by atoms with Gasteiger partial charge in [-0.25, -0.2) is 13.5 Å². The number of piperidine rings is 6. The van der Waals surface area contributed by atoms with Gasteiger partial charge in [0, 0.05) is 170 Å². The van der Waals surface area contributed by atoms with E-state index in [1.807, 2.05) is 237 Å². The number of pyridine rings is 3. The second kappa shape index (κ2) is 47.2. The normalized spacial score (nSPS) is 18.0. The predicted octanol–water partition coefficient (Wildman–Crippen LogP) is 12.3. The maximum atomic E-state index is 13.1. The van der Waals surface area contributed by atoms with Crippen molar-refractivity contribution in [3.05, 3.63) is 256 Å². The number of amides is 3. The van der Waals surface area contributed by atoms with E-state index in [0.29, 0.717) is 88.4 Å². The fourth-order valence-corrected chi connectivity index (χ4v) is 20.4. The maximum absolute atomic E-state index is 13.1. The van der Waals surface area contributed by atoms with E-state index in [9.17, 15) is 34.5 Å². The van der Waals surface area contributed by atoms with Crippen molar-refractivity contribution in [1.29, 1.82) is 0 Å². The predicted molar refractivity (Wildman–Crippen MR) is 543 cm³/mol. The molecular weight excluding hydrogens is 1870 g/mol. The molecule has 7 saturated heterocycles. The first-order valence-corrected chi connectivity index (χ1v) is 48.1. The van der Waals surface area contributed by atoms with Gasteiger partial charge in [0.15, 0.2) is 16.9 Å². The van der Waals surface area contributed by atoms with Crippen LogP contribution in [-0.2, 0) is 25.8 Å². The molecule has 29 nitrogen and oxygen atoms in total. The number of fused-ring (bicyclic) bond motifs is 3. The third-order valence-electron chi connectivity index (χ3n) is 28.8. The van der Waals surface area contributed by atoms with Crippen molar-refractivity contribution in [2.45, 2.75) is 143 Å². The van der Waals surface area contributed by atoms with E-state index >= 15 is 0 Å². The van der Waals surface area contributed by atoms with Crippen molar-refractivity contribution in [1.82, 2.24) is 73.2 Å².